The smallest absolute Gasteiger partial charge is 0.310 e. The number of carbonyl (C=O) groups excluding carboxylic acids is 1. The van der Waals surface area contributed by atoms with Crippen molar-refractivity contribution in [2.45, 2.75) is 19.8 Å². The maximum absolute atomic E-state index is 12.6. The number of pyridine rings is 1. The largest absolute Gasteiger partial charge is 0.466 e. The molecular weight excluding hydrogens is 347 g/mol. The van der Waals surface area contributed by atoms with Gasteiger partial charge in [-0.3, -0.25) is 9.59 Å². The number of esters is 1. The Labute approximate surface area is 110 Å². The molecule has 1 heterocycles. The molecule has 0 radical (unpaired) electrons. The van der Waals surface area contributed by atoms with Crippen LogP contribution in [-0.2, 0) is 16.0 Å². The van der Waals surface area contributed by atoms with Crippen LogP contribution in [0.4, 0.5) is 8.78 Å². The molecule has 0 atom stereocenters. The summed E-state index contributed by atoms with van der Waals surface area (Å²) in [5, 5.41) is 0. The number of carbonyl (C=O) groups is 1. The Morgan fingerprint density at radius 3 is 2.76 bits per heavy atom. The second kappa shape index (κ2) is 6.08. The van der Waals surface area contributed by atoms with Crippen LogP contribution in [0.3, 0.4) is 0 Å². The van der Waals surface area contributed by atoms with Crippen LogP contribution in [-0.4, -0.2) is 17.6 Å². The molecule has 17 heavy (non-hydrogen) atoms. The molecule has 0 bridgehead atoms. The fourth-order valence-corrected chi connectivity index (χ4v) is 1.86. The van der Waals surface area contributed by atoms with Gasteiger partial charge in [0.25, 0.3) is 12.0 Å². The van der Waals surface area contributed by atoms with E-state index in [9.17, 15) is 18.4 Å². The fourth-order valence-electron chi connectivity index (χ4n) is 1.23. The maximum Gasteiger partial charge on any atom is 0.310 e. The van der Waals surface area contributed by atoms with Gasteiger partial charge in [0.05, 0.1) is 16.7 Å². The normalized spacial score (nSPS) is 10.6. The Hall–Kier alpha value is -0.990. The molecule has 0 saturated carbocycles. The summed E-state index contributed by atoms with van der Waals surface area (Å²) >= 11 is 1.62. The lowest BCUT2D eigenvalue weighted by Crippen LogP contribution is -2.20. The zero-order valence-electron chi connectivity index (χ0n) is 8.93. The van der Waals surface area contributed by atoms with Gasteiger partial charge in [-0.2, -0.15) is 0 Å². The number of alkyl halides is 2. The summed E-state index contributed by atoms with van der Waals surface area (Å²) in [6.07, 6.45) is -3.00. The van der Waals surface area contributed by atoms with E-state index in [1.165, 1.54) is 0 Å². The SMILES string of the molecule is CCOC(=O)Cc1cc(C(F)F)c(I)[nH]c1=O. The van der Waals surface area contributed by atoms with E-state index in [1.807, 2.05) is 0 Å². The highest BCUT2D eigenvalue weighted by atomic mass is 127. The number of aromatic nitrogens is 1. The zero-order chi connectivity index (χ0) is 13.0. The molecule has 0 fully saturated rings. The van der Waals surface area contributed by atoms with Gasteiger partial charge in [0, 0.05) is 11.1 Å². The third kappa shape index (κ3) is 3.76. The quantitative estimate of drug-likeness (QED) is 0.510. The molecule has 1 aromatic rings. The zero-order valence-corrected chi connectivity index (χ0v) is 11.1. The van der Waals surface area contributed by atoms with Gasteiger partial charge in [-0.15, -0.1) is 0 Å². The fraction of sp³-hybridized carbons (Fsp3) is 0.400. The van der Waals surface area contributed by atoms with Crippen molar-refractivity contribution in [1.82, 2.24) is 4.98 Å². The number of aromatic amines is 1. The van der Waals surface area contributed by atoms with Gasteiger partial charge < -0.3 is 9.72 Å². The van der Waals surface area contributed by atoms with Crippen molar-refractivity contribution in [3.63, 3.8) is 0 Å². The number of H-pyrrole nitrogens is 1. The summed E-state index contributed by atoms with van der Waals surface area (Å²) < 4.78 is 29.9. The summed E-state index contributed by atoms with van der Waals surface area (Å²) in [4.78, 5) is 24.9. The topological polar surface area (TPSA) is 59.2 Å². The van der Waals surface area contributed by atoms with Crippen molar-refractivity contribution in [3.8, 4) is 0 Å². The summed E-state index contributed by atoms with van der Waals surface area (Å²) in [5.74, 6) is -0.612. The Balaban J connectivity index is 3.04. The molecule has 0 amide bonds. The predicted octanol–water partition coefficient (Wildman–Crippen LogP) is 2.02. The second-order valence-corrected chi connectivity index (χ2v) is 4.25. The standard InChI is InChI=1S/C10H10F2INO3/c1-2-17-7(15)4-5-3-6(8(11)12)9(13)14-10(5)16/h3,8H,2,4H2,1H3,(H,14,16). The molecule has 0 aliphatic rings. The van der Waals surface area contributed by atoms with Gasteiger partial charge in [0.1, 0.15) is 0 Å². The maximum atomic E-state index is 12.6. The van der Waals surface area contributed by atoms with E-state index in [0.29, 0.717) is 0 Å². The Morgan fingerprint density at radius 1 is 1.59 bits per heavy atom. The molecule has 94 valence electrons. The minimum Gasteiger partial charge on any atom is -0.466 e. The summed E-state index contributed by atoms with van der Waals surface area (Å²) in [5.41, 5.74) is -0.851. The molecule has 0 spiro atoms. The number of halogens is 3. The van der Waals surface area contributed by atoms with E-state index in [1.54, 1.807) is 29.5 Å². The summed E-state index contributed by atoms with van der Waals surface area (Å²) in [7, 11) is 0. The molecule has 1 N–H and O–H groups in total. The van der Waals surface area contributed by atoms with Gasteiger partial charge in [-0.05, 0) is 35.6 Å². The monoisotopic (exact) mass is 357 g/mol. The van der Waals surface area contributed by atoms with Gasteiger partial charge in [0.2, 0.25) is 0 Å². The molecule has 0 saturated heterocycles. The Kier molecular flexibility index (Phi) is 5.03. The van der Waals surface area contributed by atoms with Crippen molar-refractivity contribution in [1.29, 1.82) is 0 Å². The van der Waals surface area contributed by atoms with Crippen LogP contribution in [0.25, 0.3) is 0 Å². The molecule has 0 aliphatic carbocycles. The van der Waals surface area contributed by atoms with Crippen LogP contribution in [0.15, 0.2) is 10.9 Å². The first-order chi connectivity index (χ1) is 7.95. The minimum absolute atomic E-state index is 0.0147. The third-order valence-electron chi connectivity index (χ3n) is 1.97. The minimum atomic E-state index is -2.69. The van der Waals surface area contributed by atoms with Crippen molar-refractivity contribution in [2.24, 2.45) is 0 Å². The van der Waals surface area contributed by atoms with E-state index in [0.717, 1.165) is 6.07 Å². The molecule has 1 aromatic heterocycles. The molecule has 7 heteroatoms. The number of nitrogens with one attached hydrogen (secondary N) is 1. The predicted molar refractivity (Wildman–Crippen MR) is 65.1 cm³/mol. The Bertz CT molecular complexity index is 473. The van der Waals surface area contributed by atoms with Crippen LogP contribution in [0, 0.1) is 3.70 Å². The number of hydrogen-bond donors (Lipinski definition) is 1. The van der Waals surface area contributed by atoms with Gasteiger partial charge in [0.15, 0.2) is 0 Å². The van der Waals surface area contributed by atoms with Crippen molar-refractivity contribution in [2.75, 3.05) is 6.61 Å². The van der Waals surface area contributed by atoms with Gasteiger partial charge >= 0.3 is 5.97 Å². The van der Waals surface area contributed by atoms with E-state index in [4.69, 9.17) is 0 Å². The van der Waals surface area contributed by atoms with E-state index >= 15 is 0 Å². The highest BCUT2D eigenvalue weighted by molar-refractivity contribution is 14.1. The van der Waals surface area contributed by atoms with Crippen LogP contribution >= 0.6 is 22.6 Å². The highest BCUT2D eigenvalue weighted by Crippen LogP contribution is 2.22. The molecule has 4 nitrogen and oxygen atoms in total. The number of rotatable bonds is 4. The van der Waals surface area contributed by atoms with Gasteiger partial charge in [-0.1, -0.05) is 0 Å². The lowest BCUT2D eigenvalue weighted by Gasteiger charge is -2.06. The summed E-state index contributed by atoms with van der Waals surface area (Å²) in [6, 6.07) is 1.04. The van der Waals surface area contributed by atoms with Crippen LogP contribution < -0.4 is 5.56 Å². The average molecular weight is 357 g/mol. The van der Waals surface area contributed by atoms with Crippen LogP contribution in [0.1, 0.15) is 24.5 Å². The molecule has 0 unspecified atom stereocenters. The van der Waals surface area contributed by atoms with E-state index in [2.05, 4.69) is 9.72 Å². The van der Waals surface area contributed by atoms with E-state index < -0.39 is 18.0 Å². The highest BCUT2D eigenvalue weighted by Gasteiger charge is 2.16. The lowest BCUT2D eigenvalue weighted by molar-refractivity contribution is -0.142. The van der Waals surface area contributed by atoms with Gasteiger partial charge in [-0.25, -0.2) is 8.78 Å². The average Bonchev–Trinajstić information content (AvgIpc) is 2.21. The van der Waals surface area contributed by atoms with E-state index in [-0.39, 0.29) is 27.9 Å². The first-order valence-electron chi connectivity index (χ1n) is 4.81. The molecule has 1 rings (SSSR count). The molecule has 0 aliphatic heterocycles. The first kappa shape index (κ1) is 14.1. The molecular formula is C10H10F2INO3. The van der Waals surface area contributed by atoms with Crippen LogP contribution in [0.5, 0.6) is 0 Å². The second-order valence-electron chi connectivity index (χ2n) is 3.18. The van der Waals surface area contributed by atoms with Crippen molar-refractivity contribution >= 4 is 28.6 Å². The van der Waals surface area contributed by atoms with Crippen LogP contribution in [0.2, 0.25) is 0 Å². The first-order valence-corrected chi connectivity index (χ1v) is 5.89. The Morgan fingerprint density at radius 2 is 2.24 bits per heavy atom. The lowest BCUT2D eigenvalue weighted by atomic mass is 10.1. The van der Waals surface area contributed by atoms with Crippen molar-refractivity contribution in [3.05, 3.63) is 31.2 Å². The number of hydrogen-bond acceptors (Lipinski definition) is 3. The summed E-state index contributed by atoms with van der Waals surface area (Å²) in [6.45, 7) is 1.81. The third-order valence-corrected chi connectivity index (χ3v) is 2.87. The molecule has 0 aromatic carbocycles. The van der Waals surface area contributed by atoms with Crippen molar-refractivity contribution < 1.29 is 18.3 Å². The number of ether oxygens (including phenoxy) is 1.